The quantitative estimate of drug-likeness (QED) is 0.934. The number of para-hydroxylation sites is 1. The second-order valence-electron chi connectivity index (χ2n) is 5.36. The molecule has 1 unspecified atom stereocenters. The SMILES string of the molecule is Fc1cccc(F)c1N1CCNC(Cc2ccccc2)C1. The molecule has 2 aromatic carbocycles. The van der Waals surface area contributed by atoms with Crippen LogP contribution in [0.2, 0.25) is 0 Å². The summed E-state index contributed by atoms with van der Waals surface area (Å²) in [6, 6.07) is 14.4. The Balaban J connectivity index is 1.74. The first kappa shape index (κ1) is 14.0. The van der Waals surface area contributed by atoms with Gasteiger partial charge in [0.2, 0.25) is 0 Å². The van der Waals surface area contributed by atoms with Crippen LogP contribution in [-0.2, 0) is 6.42 Å². The van der Waals surface area contributed by atoms with Crippen molar-refractivity contribution in [3.8, 4) is 0 Å². The van der Waals surface area contributed by atoms with Crippen LogP contribution in [0.5, 0.6) is 0 Å². The van der Waals surface area contributed by atoms with Crippen LogP contribution >= 0.6 is 0 Å². The maximum atomic E-state index is 13.9. The van der Waals surface area contributed by atoms with Gasteiger partial charge in [-0.15, -0.1) is 0 Å². The number of piperazine rings is 1. The Kier molecular flexibility index (Phi) is 4.15. The van der Waals surface area contributed by atoms with Gasteiger partial charge in [0.15, 0.2) is 0 Å². The minimum atomic E-state index is -0.490. The lowest BCUT2D eigenvalue weighted by Crippen LogP contribution is -2.52. The molecule has 0 spiro atoms. The average molecular weight is 288 g/mol. The molecular formula is C17H18F2N2. The van der Waals surface area contributed by atoms with Crippen LogP contribution in [0.4, 0.5) is 14.5 Å². The lowest BCUT2D eigenvalue weighted by Gasteiger charge is -2.35. The van der Waals surface area contributed by atoms with Gasteiger partial charge in [-0.25, -0.2) is 8.78 Å². The summed E-state index contributed by atoms with van der Waals surface area (Å²) in [6.45, 7) is 1.95. The third kappa shape index (κ3) is 3.22. The van der Waals surface area contributed by atoms with E-state index in [1.54, 1.807) is 4.90 Å². The summed E-state index contributed by atoms with van der Waals surface area (Å²) < 4.78 is 27.8. The lowest BCUT2D eigenvalue weighted by molar-refractivity contribution is 0.444. The number of nitrogens with zero attached hydrogens (tertiary/aromatic N) is 1. The minimum Gasteiger partial charge on any atom is -0.364 e. The highest BCUT2D eigenvalue weighted by Crippen LogP contribution is 2.24. The Morgan fingerprint density at radius 3 is 2.43 bits per heavy atom. The number of nitrogens with one attached hydrogen (secondary N) is 1. The van der Waals surface area contributed by atoms with E-state index in [1.807, 2.05) is 18.2 Å². The van der Waals surface area contributed by atoms with Crippen molar-refractivity contribution in [1.29, 1.82) is 0 Å². The molecule has 1 aliphatic rings. The van der Waals surface area contributed by atoms with Gasteiger partial charge in [0.05, 0.1) is 0 Å². The van der Waals surface area contributed by atoms with E-state index in [0.717, 1.165) is 13.0 Å². The molecule has 2 nitrogen and oxygen atoms in total. The molecule has 1 heterocycles. The van der Waals surface area contributed by atoms with Crippen molar-refractivity contribution < 1.29 is 8.78 Å². The third-order valence-corrected chi connectivity index (χ3v) is 3.83. The van der Waals surface area contributed by atoms with Crippen LogP contribution < -0.4 is 10.2 Å². The molecule has 0 radical (unpaired) electrons. The topological polar surface area (TPSA) is 15.3 Å². The molecule has 3 rings (SSSR count). The van der Waals surface area contributed by atoms with Gasteiger partial charge in [-0.3, -0.25) is 0 Å². The van der Waals surface area contributed by atoms with E-state index in [-0.39, 0.29) is 11.7 Å². The maximum absolute atomic E-state index is 13.9. The van der Waals surface area contributed by atoms with Gasteiger partial charge in [-0.05, 0) is 24.1 Å². The van der Waals surface area contributed by atoms with Gasteiger partial charge in [0, 0.05) is 25.7 Å². The largest absolute Gasteiger partial charge is 0.364 e. The molecule has 1 saturated heterocycles. The van der Waals surface area contributed by atoms with E-state index < -0.39 is 11.6 Å². The van der Waals surface area contributed by atoms with Crippen LogP contribution in [-0.4, -0.2) is 25.7 Å². The summed E-state index contributed by atoms with van der Waals surface area (Å²) in [5.41, 5.74) is 1.32. The van der Waals surface area contributed by atoms with E-state index in [0.29, 0.717) is 13.1 Å². The van der Waals surface area contributed by atoms with E-state index in [4.69, 9.17) is 0 Å². The van der Waals surface area contributed by atoms with Crippen LogP contribution in [0.1, 0.15) is 5.56 Å². The second-order valence-corrected chi connectivity index (χ2v) is 5.36. The van der Waals surface area contributed by atoms with E-state index >= 15 is 0 Å². The predicted molar refractivity (Wildman–Crippen MR) is 80.5 cm³/mol. The first-order valence-electron chi connectivity index (χ1n) is 7.20. The summed E-state index contributed by atoms with van der Waals surface area (Å²) in [6.07, 6.45) is 0.855. The van der Waals surface area contributed by atoms with Crippen molar-refractivity contribution in [3.05, 3.63) is 65.7 Å². The first-order valence-corrected chi connectivity index (χ1v) is 7.20. The Labute approximate surface area is 123 Å². The van der Waals surface area contributed by atoms with Gasteiger partial charge in [-0.2, -0.15) is 0 Å². The maximum Gasteiger partial charge on any atom is 0.149 e. The van der Waals surface area contributed by atoms with Crippen LogP contribution in [0.15, 0.2) is 48.5 Å². The number of hydrogen-bond acceptors (Lipinski definition) is 2. The van der Waals surface area contributed by atoms with Crippen molar-refractivity contribution in [2.75, 3.05) is 24.5 Å². The predicted octanol–water partition coefficient (Wildman–Crippen LogP) is 2.99. The van der Waals surface area contributed by atoms with Crippen molar-refractivity contribution in [2.45, 2.75) is 12.5 Å². The number of rotatable bonds is 3. The van der Waals surface area contributed by atoms with Crippen LogP contribution in [0.3, 0.4) is 0 Å². The number of halogens is 2. The average Bonchev–Trinajstić information content (AvgIpc) is 2.48. The van der Waals surface area contributed by atoms with Crippen molar-refractivity contribution in [1.82, 2.24) is 5.32 Å². The van der Waals surface area contributed by atoms with E-state index in [9.17, 15) is 8.78 Å². The smallest absolute Gasteiger partial charge is 0.149 e. The zero-order valence-electron chi connectivity index (χ0n) is 11.7. The highest BCUT2D eigenvalue weighted by atomic mass is 19.1. The molecule has 0 aliphatic carbocycles. The van der Waals surface area contributed by atoms with Crippen molar-refractivity contribution in [3.63, 3.8) is 0 Å². The molecule has 21 heavy (non-hydrogen) atoms. The fourth-order valence-corrected chi connectivity index (χ4v) is 2.86. The second kappa shape index (κ2) is 6.22. The molecule has 1 fully saturated rings. The van der Waals surface area contributed by atoms with Crippen LogP contribution in [0, 0.1) is 11.6 Å². The number of anilines is 1. The molecule has 110 valence electrons. The molecular weight excluding hydrogens is 270 g/mol. The first-order chi connectivity index (χ1) is 10.2. The fourth-order valence-electron chi connectivity index (χ4n) is 2.86. The van der Waals surface area contributed by atoms with Gasteiger partial charge in [0.25, 0.3) is 0 Å². The summed E-state index contributed by atoms with van der Waals surface area (Å²) in [7, 11) is 0. The van der Waals surface area contributed by atoms with E-state index in [1.165, 1.54) is 23.8 Å². The summed E-state index contributed by atoms with van der Waals surface area (Å²) in [5, 5.41) is 3.42. The highest BCUT2D eigenvalue weighted by Gasteiger charge is 2.23. The van der Waals surface area contributed by atoms with Crippen molar-refractivity contribution in [2.24, 2.45) is 0 Å². The molecule has 0 aromatic heterocycles. The fraction of sp³-hybridized carbons (Fsp3) is 0.294. The van der Waals surface area contributed by atoms with Crippen molar-refractivity contribution >= 4 is 5.69 Å². The Morgan fingerprint density at radius 1 is 1.00 bits per heavy atom. The summed E-state index contributed by atoms with van der Waals surface area (Å²) in [5.74, 6) is -0.981. The molecule has 4 heteroatoms. The monoisotopic (exact) mass is 288 g/mol. The summed E-state index contributed by atoms with van der Waals surface area (Å²) >= 11 is 0. The molecule has 0 bridgehead atoms. The Hall–Kier alpha value is -1.94. The van der Waals surface area contributed by atoms with Crippen LogP contribution in [0.25, 0.3) is 0 Å². The Bertz CT molecular complexity index is 581. The molecule has 0 saturated carbocycles. The molecule has 0 amide bonds. The summed E-state index contributed by atoms with van der Waals surface area (Å²) in [4.78, 5) is 1.80. The third-order valence-electron chi connectivity index (χ3n) is 3.83. The Morgan fingerprint density at radius 2 is 1.71 bits per heavy atom. The number of hydrogen-bond donors (Lipinski definition) is 1. The van der Waals surface area contributed by atoms with Gasteiger partial charge in [-0.1, -0.05) is 36.4 Å². The highest BCUT2D eigenvalue weighted by molar-refractivity contribution is 5.49. The number of benzene rings is 2. The zero-order chi connectivity index (χ0) is 14.7. The zero-order valence-corrected chi connectivity index (χ0v) is 11.7. The van der Waals surface area contributed by atoms with Gasteiger partial charge >= 0.3 is 0 Å². The lowest BCUT2D eigenvalue weighted by atomic mass is 10.0. The molecule has 1 N–H and O–H groups in total. The standard InChI is InChI=1S/C17H18F2N2/c18-15-7-4-8-16(19)17(15)21-10-9-20-14(12-21)11-13-5-2-1-3-6-13/h1-8,14,20H,9-12H2. The normalized spacial score (nSPS) is 18.8. The molecule has 2 aromatic rings. The molecule has 1 atom stereocenters. The van der Waals surface area contributed by atoms with E-state index in [2.05, 4.69) is 17.4 Å². The molecule has 1 aliphatic heterocycles. The van der Waals surface area contributed by atoms with Gasteiger partial charge < -0.3 is 10.2 Å². The van der Waals surface area contributed by atoms with Gasteiger partial charge in [0.1, 0.15) is 17.3 Å². The minimum absolute atomic E-state index is 0.0945.